The fourth-order valence-corrected chi connectivity index (χ4v) is 2.99. The SMILES string of the molecule is CCC(CC)C(CNC1CC1)c1ccc(C)c(C)c1. The smallest absolute Gasteiger partial charge is 0.00684 e. The van der Waals surface area contributed by atoms with Crippen LogP contribution in [0.1, 0.15) is 62.1 Å². The molecule has 1 unspecified atom stereocenters. The highest BCUT2D eigenvalue weighted by molar-refractivity contribution is 5.32. The first-order chi connectivity index (χ1) is 9.15. The van der Waals surface area contributed by atoms with E-state index < -0.39 is 0 Å². The molecule has 1 aliphatic rings. The zero-order chi connectivity index (χ0) is 13.8. The Labute approximate surface area is 118 Å². The van der Waals surface area contributed by atoms with Gasteiger partial charge in [0.25, 0.3) is 0 Å². The van der Waals surface area contributed by atoms with Crippen LogP contribution in [0.3, 0.4) is 0 Å². The van der Waals surface area contributed by atoms with Gasteiger partial charge in [0, 0.05) is 12.6 Å². The average Bonchev–Trinajstić information content (AvgIpc) is 3.22. The summed E-state index contributed by atoms with van der Waals surface area (Å²) in [4.78, 5) is 0. The number of nitrogens with one attached hydrogen (secondary N) is 1. The molecule has 1 aromatic rings. The van der Waals surface area contributed by atoms with Crippen LogP contribution in [0.25, 0.3) is 0 Å². The first-order valence-electron chi connectivity index (χ1n) is 7.96. The van der Waals surface area contributed by atoms with Crippen LogP contribution in [0, 0.1) is 19.8 Å². The van der Waals surface area contributed by atoms with Crippen molar-refractivity contribution < 1.29 is 0 Å². The van der Waals surface area contributed by atoms with Crippen molar-refractivity contribution in [2.75, 3.05) is 6.54 Å². The van der Waals surface area contributed by atoms with Gasteiger partial charge in [-0.25, -0.2) is 0 Å². The van der Waals surface area contributed by atoms with Gasteiger partial charge in [0.05, 0.1) is 0 Å². The quantitative estimate of drug-likeness (QED) is 0.756. The third-order valence-corrected chi connectivity index (χ3v) is 4.78. The summed E-state index contributed by atoms with van der Waals surface area (Å²) in [6.07, 6.45) is 5.31. The van der Waals surface area contributed by atoms with Crippen molar-refractivity contribution >= 4 is 0 Å². The summed E-state index contributed by atoms with van der Waals surface area (Å²) < 4.78 is 0. The van der Waals surface area contributed by atoms with Gasteiger partial charge in [-0.3, -0.25) is 0 Å². The van der Waals surface area contributed by atoms with Crippen LogP contribution >= 0.6 is 0 Å². The lowest BCUT2D eigenvalue weighted by Gasteiger charge is -2.27. The fraction of sp³-hybridized carbons (Fsp3) is 0.667. The summed E-state index contributed by atoms with van der Waals surface area (Å²) in [7, 11) is 0. The van der Waals surface area contributed by atoms with Crippen LogP contribution in [0.15, 0.2) is 18.2 Å². The number of hydrogen-bond acceptors (Lipinski definition) is 1. The van der Waals surface area contributed by atoms with E-state index in [0.29, 0.717) is 5.92 Å². The molecule has 0 bridgehead atoms. The zero-order valence-corrected chi connectivity index (χ0v) is 13.0. The van der Waals surface area contributed by atoms with Gasteiger partial charge in [-0.1, -0.05) is 44.9 Å². The molecule has 0 amide bonds. The molecule has 1 nitrogen and oxygen atoms in total. The first kappa shape index (κ1) is 14.6. The molecule has 0 aromatic heterocycles. The largest absolute Gasteiger partial charge is 0.313 e. The van der Waals surface area contributed by atoms with Crippen LogP contribution in [0.2, 0.25) is 0 Å². The lowest BCUT2D eigenvalue weighted by molar-refractivity contribution is 0.379. The molecule has 1 fully saturated rings. The van der Waals surface area contributed by atoms with Crippen LogP contribution < -0.4 is 5.32 Å². The second kappa shape index (κ2) is 6.56. The third-order valence-electron chi connectivity index (χ3n) is 4.78. The molecule has 1 aliphatic carbocycles. The van der Waals surface area contributed by atoms with Crippen molar-refractivity contribution in [2.45, 2.75) is 65.3 Å². The molecule has 0 spiro atoms. The van der Waals surface area contributed by atoms with Crippen molar-refractivity contribution in [3.8, 4) is 0 Å². The summed E-state index contributed by atoms with van der Waals surface area (Å²) in [5, 5.41) is 3.74. The summed E-state index contributed by atoms with van der Waals surface area (Å²) in [6.45, 7) is 10.3. The van der Waals surface area contributed by atoms with Crippen LogP contribution in [0.4, 0.5) is 0 Å². The molecular formula is C18H29N. The maximum atomic E-state index is 3.74. The highest BCUT2D eigenvalue weighted by atomic mass is 14.9. The number of hydrogen-bond donors (Lipinski definition) is 1. The van der Waals surface area contributed by atoms with Crippen molar-refractivity contribution in [1.29, 1.82) is 0 Å². The molecule has 1 N–H and O–H groups in total. The monoisotopic (exact) mass is 259 g/mol. The van der Waals surface area contributed by atoms with Crippen molar-refractivity contribution in [2.24, 2.45) is 5.92 Å². The van der Waals surface area contributed by atoms with Crippen LogP contribution in [-0.2, 0) is 0 Å². The molecule has 1 heteroatoms. The standard InChI is InChI=1S/C18H29N/c1-5-15(6-2)18(12-19-17-9-10-17)16-8-7-13(3)14(4)11-16/h7-8,11,15,17-19H,5-6,9-10,12H2,1-4H3. The van der Waals surface area contributed by atoms with E-state index in [0.717, 1.165) is 18.5 Å². The van der Waals surface area contributed by atoms with E-state index in [1.165, 1.54) is 42.4 Å². The highest BCUT2D eigenvalue weighted by Crippen LogP contribution is 2.31. The lowest BCUT2D eigenvalue weighted by Crippen LogP contribution is -2.28. The van der Waals surface area contributed by atoms with E-state index in [4.69, 9.17) is 0 Å². The van der Waals surface area contributed by atoms with Gasteiger partial charge in [-0.2, -0.15) is 0 Å². The minimum Gasteiger partial charge on any atom is -0.313 e. The molecule has 1 atom stereocenters. The molecule has 2 rings (SSSR count). The molecule has 19 heavy (non-hydrogen) atoms. The minimum atomic E-state index is 0.676. The Morgan fingerprint density at radius 1 is 1.11 bits per heavy atom. The van der Waals surface area contributed by atoms with E-state index in [1.807, 2.05) is 0 Å². The normalized spacial score (nSPS) is 16.9. The van der Waals surface area contributed by atoms with Gasteiger partial charge in [0.2, 0.25) is 0 Å². The number of rotatable bonds is 7. The Hall–Kier alpha value is -0.820. The second-order valence-electron chi connectivity index (χ2n) is 6.21. The molecule has 0 saturated heterocycles. The Morgan fingerprint density at radius 3 is 2.32 bits per heavy atom. The van der Waals surface area contributed by atoms with Crippen LogP contribution in [-0.4, -0.2) is 12.6 Å². The topological polar surface area (TPSA) is 12.0 Å². The summed E-state index contributed by atoms with van der Waals surface area (Å²) in [5.74, 6) is 1.48. The molecule has 0 heterocycles. The summed E-state index contributed by atoms with van der Waals surface area (Å²) >= 11 is 0. The molecule has 0 radical (unpaired) electrons. The molecular weight excluding hydrogens is 230 g/mol. The maximum absolute atomic E-state index is 3.74. The Kier molecular flexibility index (Phi) is 5.04. The van der Waals surface area contributed by atoms with Crippen LogP contribution in [0.5, 0.6) is 0 Å². The van der Waals surface area contributed by atoms with Crippen molar-refractivity contribution in [3.05, 3.63) is 34.9 Å². The van der Waals surface area contributed by atoms with E-state index in [2.05, 4.69) is 51.2 Å². The van der Waals surface area contributed by atoms with E-state index in [1.54, 1.807) is 0 Å². The summed E-state index contributed by atoms with van der Waals surface area (Å²) in [5.41, 5.74) is 4.37. The van der Waals surface area contributed by atoms with E-state index >= 15 is 0 Å². The summed E-state index contributed by atoms with van der Waals surface area (Å²) in [6, 6.07) is 7.85. The number of aryl methyl sites for hydroxylation is 2. The molecule has 0 aliphatic heterocycles. The predicted molar refractivity (Wildman–Crippen MR) is 83.8 cm³/mol. The first-order valence-corrected chi connectivity index (χ1v) is 7.96. The molecule has 1 saturated carbocycles. The third kappa shape index (κ3) is 3.82. The Morgan fingerprint density at radius 2 is 1.79 bits per heavy atom. The number of benzene rings is 1. The van der Waals surface area contributed by atoms with Crippen molar-refractivity contribution in [1.82, 2.24) is 5.32 Å². The maximum Gasteiger partial charge on any atom is 0.00684 e. The fourth-order valence-electron chi connectivity index (χ4n) is 2.99. The second-order valence-corrected chi connectivity index (χ2v) is 6.21. The zero-order valence-electron chi connectivity index (χ0n) is 13.0. The van der Waals surface area contributed by atoms with E-state index in [-0.39, 0.29) is 0 Å². The van der Waals surface area contributed by atoms with Gasteiger partial charge in [-0.05, 0) is 55.2 Å². The Bertz CT molecular complexity index is 402. The molecule has 106 valence electrons. The van der Waals surface area contributed by atoms with Gasteiger partial charge < -0.3 is 5.32 Å². The van der Waals surface area contributed by atoms with Gasteiger partial charge in [-0.15, -0.1) is 0 Å². The molecule has 1 aromatic carbocycles. The Balaban J connectivity index is 2.15. The van der Waals surface area contributed by atoms with Gasteiger partial charge in [0.15, 0.2) is 0 Å². The average molecular weight is 259 g/mol. The van der Waals surface area contributed by atoms with Gasteiger partial charge >= 0.3 is 0 Å². The van der Waals surface area contributed by atoms with E-state index in [9.17, 15) is 0 Å². The predicted octanol–water partition coefficient (Wildman–Crippen LogP) is 4.58. The lowest BCUT2D eigenvalue weighted by atomic mass is 9.81. The van der Waals surface area contributed by atoms with Gasteiger partial charge in [0.1, 0.15) is 0 Å². The van der Waals surface area contributed by atoms with Crippen molar-refractivity contribution in [3.63, 3.8) is 0 Å². The minimum absolute atomic E-state index is 0.676. The highest BCUT2D eigenvalue weighted by Gasteiger charge is 2.25.